The van der Waals surface area contributed by atoms with Crippen molar-refractivity contribution >= 4 is 69.9 Å². The number of hydrogen-bond donors (Lipinski definition) is 1. The molecule has 5 aromatic rings. The topological polar surface area (TPSA) is 131 Å². The van der Waals surface area contributed by atoms with Gasteiger partial charge in [-0.1, -0.05) is 102 Å². The minimum Gasteiger partial charge on any atom is -0.376 e. The van der Waals surface area contributed by atoms with Crippen LogP contribution in [0.4, 0.5) is 17.3 Å². The number of rotatable bonds is 11. The molecule has 8 rings (SSSR count). The van der Waals surface area contributed by atoms with E-state index in [1.807, 2.05) is 68.5 Å². The number of benzene rings is 4. The van der Waals surface area contributed by atoms with Gasteiger partial charge < -0.3 is 35.6 Å². The first-order valence-corrected chi connectivity index (χ1v) is 26.3. The Morgan fingerprint density at radius 1 is 0.564 bits per heavy atom. The molecule has 0 aliphatic carbocycles. The van der Waals surface area contributed by atoms with Crippen molar-refractivity contribution in [2.45, 2.75) is 124 Å². The van der Waals surface area contributed by atoms with Gasteiger partial charge in [0.05, 0.1) is 24.1 Å². The van der Waals surface area contributed by atoms with E-state index >= 15 is 0 Å². The van der Waals surface area contributed by atoms with Gasteiger partial charge in [-0.05, 0) is 224 Å². The molecule has 78 heavy (non-hydrogen) atoms. The number of aromatic nitrogens is 1. The SMILES string of the molecule is C=Nc1[n-]c(N=C2N=C(N=C3[N-]C(=NC4=NCc5c(C)c(C)c(C)c(C)c54)c4c(C)c(C)c(C)c(C)c43)c3c(C)c(C)c(C)c(C)c32)c2ccc(NC(=O)/C(C)=C/C=C/C(C)=C/C=C/C=C(C)/C=C/C=C(C)/C=C/C)cc12.[Zn+2]. The number of amides is 1. The summed E-state index contributed by atoms with van der Waals surface area (Å²) >= 11 is 0. The average Bonchev–Trinajstić information content (AvgIpc) is 4.31. The van der Waals surface area contributed by atoms with Crippen LogP contribution in [0.25, 0.3) is 16.1 Å². The first-order chi connectivity index (χ1) is 36.7. The van der Waals surface area contributed by atoms with Crippen molar-refractivity contribution in [3.63, 3.8) is 0 Å². The predicted molar refractivity (Wildman–Crippen MR) is 328 cm³/mol. The van der Waals surface area contributed by atoms with Crippen molar-refractivity contribution in [1.29, 1.82) is 0 Å². The van der Waals surface area contributed by atoms with E-state index in [-0.39, 0.29) is 25.4 Å². The summed E-state index contributed by atoms with van der Waals surface area (Å²) < 4.78 is 0. The van der Waals surface area contributed by atoms with Gasteiger partial charge in [-0.25, -0.2) is 4.99 Å². The van der Waals surface area contributed by atoms with Crippen LogP contribution in [0.3, 0.4) is 0 Å². The van der Waals surface area contributed by atoms with Gasteiger partial charge in [0.15, 0.2) is 0 Å². The molecule has 0 spiro atoms. The number of allylic oxidation sites excluding steroid dienone is 15. The second-order valence-electron chi connectivity index (χ2n) is 20.7. The maximum Gasteiger partial charge on any atom is 2.00 e. The molecule has 1 N–H and O–H groups in total. The van der Waals surface area contributed by atoms with E-state index in [2.05, 4.69) is 144 Å². The van der Waals surface area contributed by atoms with E-state index in [0.717, 1.165) is 72.2 Å². The quantitative estimate of drug-likeness (QED) is 0.0611. The van der Waals surface area contributed by atoms with Crippen molar-refractivity contribution in [3.8, 4) is 0 Å². The van der Waals surface area contributed by atoms with Crippen LogP contribution in [0.15, 0.2) is 143 Å². The zero-order valence-electron chi connectivity index (χ0n) is 48.8. The summed E-state index contributed by atoms with van der Waals surface area (Å²) in [5.41, 5.74) is 24.8. The van der Waals surface area contributed by atoms with Gasteiger partial charge in [-0.15, -0.1) is 0 Å². The average molecular weight is 1080 g/mol. The molecular weight excluding hydrogens is 1010 g/mol. The zero-order chi connectivity index (χ0) is 55.7. The van der Waals surface area contributed by atoms with E-state index < -0.39 is 0 Å². The number of fused-ring (bicyclic) bond motifs is 4. The number of nitrogens with zero attached hydrogens (tertiary/aromatic N) is 8. The number of nitrogens with one attached hydrogen (secondary N) is 1. The number of amidine groups is 5. The van der Waals surface area contributed by atoms with Crippen LogP contribution in [0.2, 0.25) is 0 Å². The molecule has 10 nitrogen and oxygen atoms in total. The second kappa shape index (κ2) is 23.9. The maximum atomic E-state index is 13.5. The molecule has 3 aliphatic rings. The van der Waals surface area contributed by atoms with Crippen LogP contribution >= 0.6 is 0 Å². The molecule has 0 unspecified atom stereocenters. The first-order valence-electron chi connectivity index (χ1n) is 26.3. The largest absolute Gasteiger partial charge is 2.00 e. The normalized spacial score (nSPS) is 16.4. The standard InChI is InChI=1S/C67H72N9O.Zn/c1-19-24-35(2)27-22-28-36(3)25-20-21-26-37(4)29-23-30-38(5)67(77)70-51-31-32-52-53(33-51)60(68-18)71-61(52)72-63-56-47(14)41(8)43(10)49(16)58(56)65(74-63)76-66-59-50(17)44(11)42(9)48(15)57(59)64(75-66)73-62-55-46(13)40(7)39(6)45(12)54(55)34-69-62;/h19-33H,18,34H2,1-17H3,(H2-,69,70,71,72,73,74,75,76,77);/q-1;+2/p-1/b21-20+,24-19+,28-22+,29-23+,35-27+,36-25+,37-26+,38-30+;. The molecule has 1 amide bonds. The minimum atomic E-state index is -0.228. The Bertz CT molecular complexity index is 3810. The first kappa shape index (κ1) is 57.9. The third kappa shape index (κ3) is 11.2. The second-order valence-corrected chi connectivity index (χ2v) is 20.7. The Balaban J connectivity index is 0.00000882. The summed E-state index contributed by atoms with van der Waals surface area (Å²) in [6.45, 7) is 40.3. The summed E-state index contributed by atoms with van der Waals surface area (Å²) in [6, 6.07) is 5.63. The van der Waals surface area contributed by atoms with E-state index in [9.17, 15) is 4.79 Å². The Morgan fingerprint density at radius 2 is 1.06 bits per heavy atom. The number of carbonyl (C=O) groups excluding carboxylic acids is 1. The van der Waals surface area contributed by atoms with Gasteiger partial charge in [0.2, 0.25) is 0 Å². The molecule has 0 atom stereocenters. The molecular formula is C67H71N9OZn. The van der Waals surface area contributed by atoms with Gasteiger partial charge >= 0.3 is 19.5 Å². The fourth-order valence-electron chi connectivity index (χ4n) is 10.3. The van der Waals surface area contributed by atoms with Gasteiger partial charge in [0.1, 0.15) is 0 Å². The number of anilines is 1. The molecule has 0 bridgehead atoms. The molecule has 0 saturated heterocycles. The third-order valence-electron chi connectivity index (χ3n) is 15.9. The van der Waals surface area contributed by atoms with Crippen molar-refractivity contribution in [2.75, 3.05) is 5.32 Å². The summed E-state index contributed by atoms with van der Waals surface area (Å²) in [5.74, 6) is 3.52. The molecule has 11 heteroatoms. The van der Waals surface area contributed by atoms with Gasteiger partial charge in [0, 0.05) is 51.3 Å². The monoisotopic (exact) mass is 1080 g/mol. The van der Waals surface area contributed by atoms with Gasteiger partial charge in [0.25, 0.3) is 5.91 Å². The number of hydrogen-bond acceptors (Lipinski definition) is 6. The van der Waals surface area contributed by atoms with Crippen LogP contribution < -0.4 is 10.3 Å². The molecule has 3 aliphatic heterocycles. The maximum absolute atomic E-state index is 13.5. The van der Waals surface area contributed by atoms with Crippen LogP contribution in [0.1, 0.15) is 135 Å². The van der Waals surface area contributed by atoms with Crippen molar-refractivity contribution in [1.82, 2.24) is 4.98 Å². The van der Waals surface area contributed by atoms with Gasteiger partial charge in [-0.3, -0.25) is 9.79 Å². The van der Waals surface area contributed by atoms with Crippen molar-refractivity contribution in [3.05, 3.63) is 219 Å². The summed E-state index contributed by atoms with van der Waals surface area (Å²) in [4.78, 5) is 48.9. The van der Waals surface area contributed by atoms with Gasteiger partial charge in [-0.2, -0.15) is 0 Å². The Hall–Kier alpha value is -7.75. The van der Waals surface area contributed by atoms with Crippen molar-refractivity contribution < 1.29 is 24.3 Å². The smallest absolute Gasteiger partial charge is 0.376 e. The van der Waals surface area contributed by atoms with E-state index in [4.69, 9.17) is 35.3 Å². The van der Waals surface area contributed by atoms with Crippen LogP contribution in [-0.4, -0.2) is 41.8 Å². The Labute approximate surface area is 474 Å². The molecule has 0 fully saturated rings. The van der Waals surface area contributed by atoms with E-state index in [0.29, 0.717) is 64.0 Å². The molecule has 0 saturated carbocycles. The summed E-state index contributed by atoms with van der Waals surface area (Å²) in [7, 11) is 0. The van der Waals surface area contributed by atoms with Crippen LogP contribution in [0, 0.1) is 83.1 Å². The third-order valence-corrected chi connectivity index (χ3v) is 15.9. The molecule has 0 radical (unpaired) electrons. The Kier molecular flexibility index (Phi) is 17.7. The molecule has 4 aromatic carbocycles. The predicted octanol–water partition coefficient (Wildman–Crippen LogP) is 16.2. The molecule has 1 aromatic heterocycles. The fourth-order valence-corrected chi connectivity index (χ4v) is 10.3. The number of carbonyl (C=O) groups is 1. The minimum absolute atomic E-state index is 0. The zero-order valence-corrected chi connectivity index (χ0v) is 51.7. The van der Waals surface area contributed by atoms with Crippen LogP contribution in [0.5, 0.6) is 0 Å². The van der Waals surface area contributed by atoms with E-state index in [1.54, 1.807) is 13.0 Å². The van der Waals surface area contributed by atoms with E-state index in [1.165, 1.54) is 50.1 Å². The molecule has 4 heterocycles. The van der Waals surface area contributed by atoms with Crippen molar-refractivity contribution in [2.24, 2.45) is 30.0 Å². The fraction of sp³-hybridized carbons (Fsp3) is 0.269. The Morgan fingerprint density at radius 3 is 1.64 bits per heavy atom. The molecule has 392 valence electrons. The number of aliphatic imine (C=N–C) groups is 6. The van der Waals surface area contributed by atoms with Crippen LogP contribution in [-0.2, 0) is 30.8 Å². The summed E-state index contributed by atoms with van der Waals surface area (Å²) in [6.07, 6.45) is 24.1. The summed E-state index contributed by atoms with van der Waals surface area (Å²) in [5, 5.41) is 9.79.